The van der Waals surface area contributed by atoms with Crippen LogP contribution in [0.2, 0.25) is 0 Å². The Balaban J connectivity index is 3.83. The topological polar surface area (TPSA) is 9.23 Å². The molecule has 0 radical (unpaired) electrons. The molecular formula is C28H52Br2O. The van der Waals surface area contributed by atoms with E-state index >= 15 is 0 Å². The van der Waals surface area contributed by atoms with Crippen LogP contribution in [-0.2, 0) is 4.74 Å². The van der Waals surface area contributed by atoms with Gasteiger partial charge in [0.05, 0.1) is 0 Å². The van der Waals surface area contributed by atoms with E-state index in [2.05, 4.69) is 70.0 Å². The lowest BCUT2D eigenvalue weighted by molar-refractivity contribution is 0.124. The molecule has 0 spiro atoms. The van der Waals surface area contributed by atoms with Crippen LogP contribution in [0, 0.1) is 11.8 Å². The number of allylic oxidation sites excluding steroid dienone is 4. The van der Waals surface area contributed by atoms with Crippen LogP contribution in [0.1, 0.15) is 117 Å². The Morgan fingerprint density at radius 2 is 1.00 bits per heavy atom. The molecule has 0 saturated carbocycles. The van der Waals surface area contributed by atoms with Crippen molar-refractivity contribution in [2.75, 3.05) is 23.9 Å². The molecule has 1 nitrogen and oxygen atoms in total. The average Bonchev–Trinajstić information content (AvgIpc) is 2.78. The predicted molar refractivity (Wildman–Crippen MR) is 149 cm³/mol. The molecule has 0 aliphatic heterocycles. The molecule has 2 unspecified atom stereocenters. The summed E-state index contributed by atoms with van der Waals surface area (Å²) in [5, 5.41) is 2.25. The molecule has 184 valence electrons. The van der Waals surface area contributed by atoms with Gasteiger partial charge >= 0.3 is 0 Å². The fourth-order valence-corrected chi connectivity index (χ4v) is 4.54. The second kappa shape index (κ2) is 26.7. The van der Waals surface area contributed by atoms with Crippen molar-refractivity contribution in [3.05, 3.63) is 24.3 Å². The Morgan fingerprint density at radius 1 is 0.581 bits per heavy atom. The first-order valence-electron chi connectivity index (χ1n) is 13.3. The molecule has 2 atom stereocenters. The van der Waals surface area contributed by atoms with Gasteiger partial charge in [0.25, 0.3) is 0 Å². The van der Waals surface area contributed by atoms with E-state index in [1.54, 1.807) is 0 Å². The quantitative estimate of drug-likeness (QED) is 0.0644. The third kappa shape index (κ3) is 23.4. The third-order valence-corrected chi connectivity index (χ3v) is 7.03. The average molecular weight is 565 g/mol. The summed E-state index contributed by atoms with van der Waals surface area (Å²) in [6, 6.07) is 0. The van der Waals surface area contributed by atoms with Crippen LogP contribution in [0.5, 0.6) is 0 Å². The zero-order valence-electron chi connectivity index (χ0n) is 20.8. The molecule has 0 rings (SSSR count). The molecular weight excluding hydrogens is 512 g/mol. The number of halogens is 2. The number of rotatable bonds is 24. The van der Waals surface area contributed by atoms with Crippen molar-refractivity contribution < 1.29 is 4.74 Å². The van der Waals surface area contributed by atoms with E-state index in [0.29, 0.717) is 0 Å². The van der Waals surface area contributed by atoms with Crippen molar-refractivity contribution in [3.8, 4) is 0 Å². The van der Waals surface area contributed by atoms with Gasteiger partial charge in [-0.2, -0.15) is 0 Å². The summed E-state index contributed by atoms with van der Waals surface area (Å²) in [5.74, 6) is 1.52. The van der Waals surface area contributed by atoms with Gasteiger partial charge in [-0.25, -0.2) is 0 Å². The lowest BCUT2D eigenvalue weighted by Crippen LogP contribution is -2.02. The first-order valence-corrected chi connectivity index (χ1v) is 15.6. The second-order valence-electron chi connectivity index (χ2n) is 8.93. The van der Waals surface area contributed by atoms with E-state index in [4.69, 9.17) is 4.74 Å². The van der Waals surface area contributed by atoms with Gasteiger partial charge in [0.15, 0.2) is 0 Å². The maximum atomic E-state index is 5.93. The van der Waals surface area contributed by atoms with Gasteiger partial charge in [0.1, 0.15) is 0 Å². The zero-order valence-corrected chi connectivity index (χ0v) is 23.9. The molecule has 0 saturated heterocycles. The fourth-order valence-electron chi connectivity index (χ4n) is 3.90. The summed E-state index contributed by atoms with van der Waals surface area (Å²) in [6.45, 7) is 6.42. The summed E-state index contributed by atoms with van der Waals surface area (Å²) < 4.78 is 5.93. The molecule has 0 aromatic rings. The van der Waals surface area contributed by atoms with Crippen molar-refractivity contribution in [3.63, 3.8) is 0 Å². The van der Waals surface area contributed by atoms with Crippen molar-refractivity contribution in [2.24, 2.45) is 11.8 Å². The smallest absolute Gasteiger partial charge is 0.0466 e. The van der Waals surface area contributed by atoms with Gasteiger partial charge in [-0.1, -0.05) is 109 Å². The number of alkyl halides is 2. The highest BCUT2D eigenvalue weighted by atomic mass is 79.9. The van der Waals surface area contributed by atoms with Crippen molar-refractivity contribution >= 4 is 31.9 Å². The fraction of sp³-hybridized carbons (Fsp3) is 0.857. The molecule has 0 N–H and O–H groups in total. The lowest BCUT2D eigenvalue weighted by Gasteiger charge is -2.13. The zero-order chi connectivity index (χ0) is 22.8. The largest absolute Gasteiger partial charge is 0.381 e. The molecule has 0 aromatic carbocycles. The SMILES string of the molecule is CCCC/C=C/C(CCCBr)CCCCOCCCCC(/C=C/CCCC)CCCBr. The van der Waals surface area contributed by atoms with E-state index in [1.165, 1.54) is 103 Å². The molecule has 0 heterocycles. The van der Waals surface area contributed by atoms with Gasteiger partial charge in [-0.05, 0) is 76.0 Å². The molecule has 0 amide bonds. The van der Waals surface area contributed by atoms with Crippen LogP contribution in [0.4, 0.5) is 0 Å². The van der Waals surface area contributed by atoms with Crippen LogP contribution in [0.15, 0.2) is 24.3 Å². The van der Waals surface area contributed by atoms with Crippen LogP contribution in [-0.4, -0.2) is 23.9 Å². The van der Waals surface area contributed by atoms with Crippen LogP contribution in [0.25, 0.3) is 0 Å². The van der Waals surface area contributed by atoms with E-state index < -0.39 is 0 Å². The molecule has 0 aliphatic rings. The summed E-state index contributed by atoms with van der Waals surface area (Å²) >= 11 is 7.17. The molecule has 0 fully saturated rings. The Kier molecular flexibility index (Phi) is 27.0. The summed E-state index contributed by atoms with van der Waals surface area (Å²) in [7, 11) is 0. The van der Waals surface area contributed by atoms with Crippen LogP contribution >= 0.6 is 31.9 Å². The maximum Gasteiger partial charge on any atom is 0.0466 e. The van der Waals surface area contributed by atoms with Gasteiger partial charge in [0, 0.05) is 23.9 Å². The Bertz CT molecular complexity index is 358. The van der Waals surface area contributed by atoms with Crippen LogP contribution in [0.3, 0.4) is 0 Å². The van der Waals surface area contributed by atoms with E-state index in [0.717, 1.165) is 35.7 Å². The minimum atomic E-state index is 0.760. The highest BCUT2D eigenvalue weighted by molar-refractivity contribution is 9.09. The lowest BCUT2D eigenvalue weighted by atomic mass is 9.96. The summed E-state index contributed by atoms with van der Waals surface area (Å²) in [4.78, 5) is 0. The highest BCUT2D eigenvalue weighted by Crippen LogP contribution is 2.19. The Labute approximate surface area is 212 Å². The Hall–Kier alpha value is 0.400. The normalized spacial score (nSPS) is 14.1. The summed E-state index contributed by atoms with van der Waals surface area (Å²) in [5.41, 5.74) is 0. The molecule has 0 aliphatic carbocycles. The first kappa shape index (κ1) is 31.4. The van der Waals surface area contributed by atoms with E-state index in [9.17, 15) is 0 Å². The monoisotopic (exact) mass is 562 g/mol. The van der Waals surface area contributed by atoms with Crippen molar-refractivity contribution in [2.45, 2.75) is 117 Å². The standard InChI is InChI=1S/C28H52Br2O/c1-3-5-7-9-17-27(21-15-23-29)19-11-13-25-31-26-14-12-20-28(22-16-24-30)18-10-8-6-4-2/h9-10,17-18,27-28H,3-8,11-16,19-26H2,1-2H3/b17-9+,18-10+. The van der Waals surface area contributed by atoms with Gasteiger partial charge in [0.2, 0.25) is 0 Å². The van der Waals surface area contributed by atoms with E-state index in [-0.39, 0.29) is 0 Å². The minimum Gasteiger partial charge on any atom is -0.381 e. The molecule has 0 aromatic heterocycles. The summed E-state index contributed by atoms with van der Waals surface area (Å²) in [6.07, 6.45) is 30.4. The van der Waals surface area contributed by atoms with E-state index in [1.807, 2.05) is 0 Å². The van der Waals surface area contributed by atoms with Gasteiger partial charge in [-0.15, -0.1) is 0 Å². The Morgan fingerprint density at radius 3 is 1.39 bits per heavy atom. The van der Waals surface area contributed by atoms with Crippen molar-refractivity contribution in [1.29, 1.82) is 0 Å². The maximum absolute atomic E-state index is 5.93. The molecule has 31 heavy (non-hydrogen) atoms. The van der Waals surface area contributed by atoms with Gasteiger partial charge in [-0.3, -0.25) is 0 Å². The van der Waals surface area contributed by atoms with Gasteiger partial charge < -0.3 is 4.74 Å². The minimum absolute atomic E-state index is 0.760. The predicted octanol–water partition coefficient (Wildman–Crippen LogP) is 10.4. The number of hydrogen-bond donors (Lipinski definition) is 0. The number of unbranched alkanes of at least 4 members (excludes halogenated alkanes) is 6. The molecule has 3 heteroatoms. The second-order valence-corrected chi connectivity index (χ2v) is 10.5. The number of hydrogen-bond acceptors (Lipinski definition) is 1. The number of ether oxygens (including phenoxy) is 1. The third-order valence-electron chi connectivity index (χ3n) is 5.91. The van der Waals surface area contributed by atoms with Crippen LogP contribution < -0.4 is 0 Å². The highest BCUT2D eigenvalue weighted by Gasteiger charge is 2.06. The first-order chi connectivity index (χ1) is 15.3. The molecule has 0 bridgehead atoms. The van der Waals surface area contributed by atoms with Crippen molar-refractivity contribution in [1.82, 2.24) is 0 Å².